The number of hydrogen-bond donors (Lipinski definition) is 0. The number of rotatable bonds is 2. The van der Waals surface area contributed by atoms with E-state index in [4.69, 9.17) is 21.1 Å². The van der Waals surface area contributed by atoms with Crippen LogP contribution in [-0.4, -0.2) is 24.7 Å². The zero-order valence-electron chi connectivity index (χ0n) is 12.1. The summed E-state index contributed by atoms with van der Waals surface area (Å²) < 4.78 is 11.6. The number of carbonyl (C=O) groups excluding carboxylic acids is 1. The molecule has 0 atom stereocenters. The summed E-state index contributed by atoms with van der Waals surface area (Å²) in [4.78, 5) is 18.7. The van der Waals surface area contributed by atoms with Crippen LogP contribution in [0.2, 0.25) is 5.02 Å². The standard InChI is InChI=1S/C16H11ClN2O3S/c1-19(16-18-11-4-2-3-5-13(11)23-16)15(20)9-6-10(17)14-12(7-9)21-8-22-14/h2-7H,8H2,1H3. The highest BCUT2D eigenvalue weighted by Crippen LogP contribution is 2.40. The fourth-order valence-corrected chi connectivity index (χ4v) is 3.57. The predicted octanol–water partition coefficient (Wildman–Crippen LogP) is 3.96. The van der Waals surface area contributed by atoms with Crippen molar-refractivity contribution in [2.75, 3.05) is 18.7 Å². The molecule has 1 aromatic heterocycles. The van der Waals surface area contributed by atoms with Gasteiger partial charge < -0.3 is 9.47 Å². The van der Waals surface area contributed by atoms with Crippen LogP contribution in [-0.2, 0) is 0 Å². The van der Waals surface area contributed by atoms with Gasteiger partial charge in [0, 0.05) is 12.6 Å². The van der Waals surface area contributed by atoms with Gasteiger partial charge >= 0.3 is 0 Å². The summed E-state index contributed by atoms with van der Waals surface area (Å²) in [6.45, 7) is 0.112. The average Bonchev–Trinajstić information content (AvgIpc) is 3.19. The Morgan fingerprint density at radius 2 is 2.13 bits per heavy atom. The predicted molar refractivity (Wildman–Crippen MR) is 89.9 cm³/mol. The summed E-state index contributed by atoms with van der Waals surface area (Å²) in [7, 11) is 1.69. The van der Waals surface area contributed by atoms with Gasteiger partial charge in [0.2, 0.25) is 6.79 Å². The first-order valence-corrected chi connectivity index (χ1v) is 8.06. The van der Waals surface area contributed by atoms with Crippen molar-refractivity contribution in [2.45, 2.75) is 0 Å². The van der Waals surface area contributed by atoms with Crippen molar-refractivity contribution in [1.29, 1.82) is 0 Å². The molecule has 0 saturated carbocycles. The normalized spacial score (nSPS) is 12.6. The zero-order valence-corrected chi connectivity index (χ0v) is 13.6. The first kappa shape index (κ1) is 14.3. The topological polar surface area (TPSA) is 51.7 Å². The molecule has 23 heavy (non-hydrogen) atoms. The highest BCUT2D eigenvalue weighted by Gasteiger charge is 2.23. The molecule has 0 aliphatic carbocycles. The molecule has 5 nitrogen and oxygen atoms in total. The van der Waals surface area contributed by atoms with E-state index in [1.165, 1.54) is 16.2 Å². The van der Waals surface area contributed by atoms with E-state index in [0.717, 1.165) is 10.2 Å². The van der Waals surface area contributed by atoms with Crippen LogP contribution < -0.4 is 14.4 Å². The van der Waals surface area contributed by atoms with Gasteiger partial charge in [-0.2, -0.15) is 0 Å². The fraction of sp³-hybridized carbons (Fsp3) is 0.125. The maximum atomic E-state index is 12.7. The van der Waals surface area contributed by atoms with E-state index in [-0.39, 0.29) is 12.7 Å². The largest absolute Gasteiger partial charge is 0.454 e. The summed E-state index contributed by atoms with van der Waals surface area (Å²) in [5, 5.41) is 0.992. The summed E-state index contributed by atoms with van der Waals surface area (Å²) in [5.41, 5.74) is 1.30. The lowest BCUT2D eigenvalue weighted by Gasteiger charge is -2.14. The van der Waals surface area contributed by atoms with Crippen LogP contribution in [0.4, 0.5) is 5.13 Å². The quantitative estimate of drug-likeness (QED) is 0.705. The number of fused-ring (bicyclic) bond motifs is 2. The number of para-hydroxylation sites is 1. The van der Waals surface area contributed by atoms with E-state index in [1.54, 1.807) is 19.2 Å². The monoisotopic (exact) mass is 346 g/mol. The van der Waals surface area contributed by atoms with Gasteiger partial charge in [-0.1, -0.05) is 35.1 Å². The van der Waals surface area contributed by atoms with Gasteiger partial charge in [0.05, 0.1) is 15.2 Å². The molecule has 0 saturated heterocycles. The molecule has 0 N–H and O–H groups in total. The van der Waals surface area contributed by atoms with Crippen molar-refractivity contribution in [3.63, 3.8) is 0 Å². The minimum atomic E-state index is -0.204. The molecule has 2 aromatic carbocycles. The molecule has 1 amide bonds. The average molecular weight is 347 g/mol. The minimum absolute atomic E-state index is 0.112. The lowest BCUT2D eigenvalue weighted by molar-refractivity contribution is 0.0992. The van der Waals surface area contributed by atoms with Crippen molar-refractivity contribution >= 4 is 44.2 Å². The van der Waals surface area contributed by atoms with Gasteiger partial charge in [0.1, 0.15) is 0 Å². The Balaban J connectivity index is 1.69. The second-order valence-corrected chi connectivity index (χ2v) is 6.44. The van der Waals surface area contributed by atoms with E-state index >= 15 is 0 Å². The first-order chi connectivity index (χ1) is 11.1. The minimum Gasteiger partial charge on any atom is -0.454 e. The summed E-state index contributed by atoms with van der Waals surface area (Å²) in [6.07, 6.45) is 0. The number of nitrogens with zero attached hydrogens (tertiary/aromatic N) is 2. The van der Waals surface area contributed by atoms with E-state index in [9.17, 15) is 4.79 Å². The van der Waals surface area contributed by atoms with Crippen molar-refractivity contribution in [3.8, 4) is 11.5 Å². The number of halogens is 1. The third-order valence-electron chi connectivity index (χ3n) is 3.55. The molecule has 116 valence electrons. The van der Waals surface area contributed by atoms with E-state index in [2.05, 4.69) is 4.98 Å². The van der Waals surface area contributed by atoms with Crippen LogP contribution in [0.25, 0.3) is 10.2 Å². The van der Waals surface area contributed by atoms with E-state index in [1.807, 2.05) is 24.3 Å². The second kappa shape index (κ2) is 5.40. The molecule has 1 aliphatic heterocycles. The van der Waals surface area contributed by atoms with Crippen LogP contribution in [0.3, 0.4) is 0 Å². The maximum Gasteiger partial charge on any atom is 0.259 e. The Hall–Kier alpha value is -2.31. The molecule has 7 heteroatoms. The number of ether oxygens (including phenoxy) is 2. The molecule has 0 spiro atoms. The highest BCUT2D eigenvalue weighted by atomic mass is 35.5. The lowest BCUT2D eigenvalue weighted by Crippen LogP contribution is -2.26. The summed E-state index contributed by atoms with van der Waals surface area (Å²) in [5.74, 6) is 0.758. The van der Waals surface area contributed by atoms with Gasteiger partial charge in [-0.15, -0.1) is 0 Å². The molecule has 4 rings (SSSR count). The summed E-state index contributed by atoms with van der Waals surface area (Å²) >= 11 is 7.61. The lowest BCUT2D eigenvalue weighted by atomic mass is 10.2. The molecule has 3 aromatic rings. The number of amides is 1. The third-order valence-corrected chi connectivity index (χ3v) is 4.94. The zero-order chi connectivity index (χ0) is 16.0. The number of aromatic nitrogens is 1. The fourth-order valence-electron chi connectivity index (χ4n) is 2.37. The number of anilines is 1. The second-order valence-electron chi connectivity index (χ2n) is 5.02. The molecule has 2 heterocycles. The number of hydrogen-bond acceptors (Lipinski definition) is 5. The SMILES string of the molecule is CN(C(=O)c1cc(Cl)c2c(c1)OCO2)c1nc2ccccc2s1. The third kappa shape index (κ3) is 2.40. The Bertz CT molecular complexity index is 892. The Morgan fingerprint density at radius 3 is 2.96 bits per heavy atom. The van der Waals surface area contributed by atoms with Crippen LogP contribution in [0, 0.1) is 0 Å². The van der Waals surface area contributed by atoms with Crippen LogP contribution in [0.1, 0.15) is 10.4 Å². The van der Waals surface area contributed by atoms with E-state index in [0.29, 0.717) is 27.2 Å². The Kier molecular flexibility index (Phi) is 3.36. The molecule has 0 fully saturated rings. The van der Waals surface area contributed by atoms with Crippen LogP contribution in [0.5, 0.6) is 11.5 Å². The number of carbonyl (C=O) groups is 1. The van der Waals surface area contributed by atoms with Crippen LogP contribution >= 0.6 is 22.9 Å². The Morgan fingerprint density at radius 1 is 1.30 bits per heavy atom. The van der Waals surface area contributed by atoms with Crippen molar-refractivity contribution < 1.29 is 14.3 Å². The van der Waals surface area contributed by atoms with Crippen LogP contribution in [0.15, 0.2) is 36.4 Å². The first-order valence-electron chi connectivity index (χ1n) is 6.86. The van der Waals surface area contributed by atoms with Gasteiger partial charge in [-0.3, -0.25) is 9.69 Å². The van der Waals surface area contributed by atoms with Gasteiger partial charge in [0.25, 0.3) is 5.91 Å². The van der Waals surface area contributed by atoms with Gasteiger partial charge in [-0.05, 0) is 24.3 Å². The molecular formula is C16H11ClN2O3S. The van der Waals surface area contributed by atoms with Crippen molar-refractivity contribution in [2.24, 2.45) is 0 Å². The highest BCUT2D eigenvalue weighted by molar-refractivity contribution is 7.22. The van der Waals surface area contributed by atoms with Gasteiger partial charge in [0.15, 0.2) is 16.6 Å². The molecule has 0 unspecified atom stereocenters. The number of thiazole rings is 1. The smallest absolute Gasteiger partial charge is 0.259 e. The van der Waals surface area contributed by atoms with Crippen molar-refractivity contribution in [1.82, 2.24) is 4.98 Å². The molecular weight excluding hydrogens is 336 g/mol. The molecule has 0 bridgehead atoms. The molecule has 1 aliphatic rings. The van der Waals surface area contributed by atoms with Crippen molar-refractivity contribution in [3.05, 3.63) is 47.0 Å². The molecule has 0 radical (unpaired) electrons. The Labute approximate surface area is 141 Å². The number of benzene rings is 2. The summed E-state index contributed by atoms with van der Waals surface area (Å²) in [6, 6.07) is 11.0. The maximum absolute atomic E-state index is 12.7. The van der Waals surface area contributed by atoms with Gasteiger partial charge in [-0.25, -0.2) is 4.98 Å². The van der Waals surface area contributed by atoms with E-state index < -0.39 is 0 Å².